The highest BCUT2D eigenvalue weighted by Gasteiger charge is 2.40. The average molecular weight is 283 g/mol. The number of β-amino-alcohol motifs (C(OH)–C–C–N with tert-alkyl or cyclic N) is 1. The number of nitrogens with zero attached hydrogens (tertiary/aromatic N) is 1. The molecule has 0 saturated carbocycles. The lowest BCUT2D eigenvalue weighted by molar-refractivity contribution is 0.0386. The zero-order valence-electron chi connectivity index (χ0n) is 11.2. The second-order valence-corrected chi connectivity index (χ2v) is 5.86. The third kappa shape index (κ3) is 3.39. The van der Waals surface area contributed by atoms with E-state index in [-0.39, 0.29) is 11.9 Å². The zero-order valence-corrected chi connectivity index (χ0v) is 11.9. The van der Waals surface area contributed by atoms with Crippen molar-refractivity contribution in [3.05, 3.63) is 34.9 Å². The molecule has 1 aliphatic rings. The lowest BCUT2D eigenvalue weighted by atomic mass is 9.95. The number of aliphatic hydroxyl groups is 1. The Morgan fingerprint density at radius 2 is 2.16 bits per heavy atom. The molecule has 5 heteroatoms. The van der Waals surface area contributed by atoms with E-state index in [1.54, 1.807) is 24.0 Å². The van der Waals surface area contributed by atoms with E-state index in [1.165, 1.54) is 0 Å². The molecule has 0 radical (unpaired) electrons. The molecule has 104 valence electrons. The van der Waals surface area contributed by atoms with Crippen LogP contribution in [0, 0.1) is 5.92 Å². The van der Waals surface area contributed by atoms with Crippen LogP contribution in [-0.2, 0) is 6.54 Å². The van der Waals surface area contributed by atoms with Crippen LogP contribution in [0.15, 0.2) is 24.3 Å². The van der Waals surface area contributed by atoms with Crippen molar-refractivity contribution in [3.8, 4) is 0 Å². The number of hydrogen-bond acceptors (Lipinski definition) is 2. The standard InChI is InChI=1S/C14H19ClN2O2/c1-10-8-17(9-14(10,2)19)13(18)16-7-11-3-5-12(15)6-4-11/h3-6,10,19H,7-9H2,1-2H3,(H,16,18). The summed E-state index contributed by atoms with van der Waals surface area (Å²) in [6, 6.07) is 7.22. The molecule has 2 atom stereocenters. The van der Waals surface area contributed by atoms with Crippen LogP contribution in [0.5, 0.6) is 0 Å². The summed E-state index contributed by atoms with van der Waals surface area (Å²) in [5, 5.41) is 13.6. The second kappa shape index (κ2) is 5.39. The van der Waals surface area contributed by atoms with Gasteiger partial charge in [-0.05, 0) is 24.6 Å². The second-order valence-electron chi connectivity index (χ2n) is 5.42. The number of hydrogen-bond donors (Lipinski definition) is 2. The number of amides is 2. The number of likely N-dealkylation sites (tertiary alicyclic amines) is 1. The Morgan fingerprint density at radius 3 is 2.68 bits per heavy atom. The first kappa shape index (κ1) is 14.2. The van der Waals surface area contributed by atoms with Gasteiger partial charge in [0.25, 0.3) is 0 Å². The summed E-state index contributed by atoms with van der Waals surface area (Å²) in [5.74, 6) is 0.0915. The Balaban J connectivity index is 1.87. The van der Waals surface area contributed by atoms with Crippen LogP contribution in [-0.4, -0.2) is 34.7 Å². The van der Waals surface area contributed by atoms with Crippen molar-refractivity contribution in [2.75, 3.05) is 13.1 Å². The number of urea groups is 1. The summed E-state index contributed by atoms with van der Waals surface area (Å²) in [5.41, 5.74) is 0.203. The van der Waals surface area contributed by atoms with Crippen LogP contribution >= 0.6 is 11.6 Å². The lowest BCUT2D eigenvalue weighted by Gasteiger charge is -2.20. The Bertz CT molecular complexity index is 459. The fourth-order valence-electron chi connectivity index (χ4n) is 2.18. The van der Waals surface area contributed by atoms with E-state index in [2.05, 4.69) is 5.32 Å². The molecule has 1 heterocycles. The largest absolute Gasteiger partial charge is 0.388 e. The first-order valence-corrected chi connectivity index (χ1v) is 6.76. The smallest absolute Gasteiger partial charge is 0.317 e. The summed E-state index contributed by atoms with van der Waals surface area (Å²) in [6.07, 6.45) is 0. The maximum absolute atomic E-state index is 12.0. The van der Waals surface area contributed by atoms with Crippen LogP contribution in [0.1, 0.15) is 19.4 Å². The minimum absolute atomic E-state index is 0.0915. The van der Waals surface area contributed by atoms with Gasteiger partial charge in [-0.25, -0.2) is 4.79 Å². The minimum atomic E-state index is -0.794. The van der Waals surface area contributed by atoms with Crippen LogP contribution in [0.25, 0.3) is 0 Å². The van der Waals surface area contributed by atoms with Gasteiger partial charge in [0.15, 0.2) is 0 Å². The van der Waals surface area contributed by atoms with Gasteiger partial charge in [-0.1, -0.05) is 30.7 Å². The molecule has 1 aromatic carbocycles. The predicted octanol–water partition coefficient (Wildman–Crippen LogP) is 2.25. The van der Waals surface area contributed by atoms with Crippen molar-refractivity contribution >= 4 is 17.6 Å². The molecule has 1 fully saturated rings. The quantitative estimate of drug-likeness (QED) is 0.874. The number of carbonyl (C=O) groups excluding carboxylic acids is 1. The molecule has 2 rings (SSSR count). The number of nitrogens with one attached hydrogen (secondary N) is 1. The van der Waals surface area contributed by atoms with Crippen molar-refractivity contribution in [1.82, 2.24) is 10.2 Å². The summed E-state index contributed by atoms with van der Waals surface area (Å²) < 4.78 is 0. The van der Waals surface area contributed by atoms with Crippen LogP contribution in [0.2, 0.25) is 5.02 Å². The number of rotatable bonds is 2. The molecule has 4 nitrogen and oxygen atoms in total. The first-order valence-electron chi connectivity index (χ1n) is 6.38. The van der Waals surface area contributed by atoms with Gasteiger partial charge in [0.1, 0.15) is 0 Å². The van der Waals surface area contributed by atoms with Crippen molar-refractivity contribution in [2.24, 2.45) is 5.92 Å². The molecule has 2 amide bonds. The molecule has 2 N–H and O–H groups in total. The molecule has 0 bridgehead atoms. The fraction of sp³-hybridized carbons (Fsp3) is 0.500. The van der Waals surface area contributed by atoms with Crippen LogP contribution < -0.4 is 5.32 Å². The van der Waals surface area contributed by atoms with Crippen LogP contribution in [0.3, 0.4) is 0 Å². The number of benzene rings is 1. The van der Waals surface area contributed by atoms with E-state index in [0.29, 0.717) is 24.7 Å². The van der Waals surface area contributed by atoms with Gasteiger partial charge in [-0.2, -0.15) is 0 Å². The van der Waals surface area contributed by atoms with E-state index in [9.17, 15) is 9.90 Å². The van der Waals surface area contributed by atoms with E-state index < -0.39 is 5.60 Å². The van der Waals surface area contributed by atoms with Gasteiger partial charge in [0.2, 0.25) is 0 Å². The normalized spacial score (nSPS) is 26.5. The molecular formula is C14H19ClN2O2. The number of halogens is 1. The highest BCUT2D eigenvalue weighted by atomic mass is 35.5. The molecule has 1 aliphatic heterocycles. The van der Waals surface area contributed by atoms with Crippen molar-refractivity contribution < 1.29 is 9.90 Å². The summed E-state index contributed by atoms with van der Waals surface area (Å²) in [7, 11) is 0. The molecule has 19 heavy (non-hydrogen) atoms. The monoisotopic (exact) mass is 282 g/mol. The Kier molecular flexibility index (Phi) is 4.02. The highest BCUT2D eigenvalue weighted by Crippen LogP contribution is 2.26. The van der Waals surface area contributed by atoms with Gasteiger partial charge in [-0.3, -0.25) is 0 Å². The van der Waals surface area contributed by atoms with Crippen molar-refractivity contribution in [3.63, 3.8) is 0 Å². The third-order valence-corrected chi connectivity index (χ3v) is 3.96. The van der Waals surface area contributed by atoms with E-state index in [1.807, 2.05) is 19.1 Å². The Hall–Kier alpha value is -1.26. The molecular weight excluding hydrogens is 264 g/mol. The van der Waals surface area contributed by atoms with Crippen LogP contribution in [0.4, 0.5) is 4.79 Å². The maximum Gasteiger partial charge on any atom is 0.317 e. The van der Waals surface area contributed by atoms with Gasteiger partial charge in [0, 0.05) is 24.0 Å². The van der Waals surface area contributed by atoms with E-state index in [4.69, 9.17) is 11.6 Å². The zero-order chi connectivity index (χ0) is 14.0. The lowest BCUT2D eigenvalue weighted by Crippen LogP contribution is -2.40. The molecule has 1 aromatic rings. The molecule has 2 unspecified atom stereocenters. The maximum atomic E-state index is 12.0. The topological polar surface area (TPSA) is 52.6 Å². The molecule has 1 saturated heterocycles. The summed E-state index contributed by atoms with van der Waals surface area (Å²) in [4.78, 5) is 13.6. The van der Waals surface area contributed by atoms with Gasteiger partial charge < -0.3 is 15.3 Å². The number of carbonyl (C=O) groups is 1. The Morgan fingerprint density at radius 1 is 1.53 bits per heavy atom. The highest BCUT2D eigenvalue weighted by molar-refractivity contribution is 6.30. The minimum Gasteiger partial charge on any atom is -0.388 e. The summed E-state index contributed by atoms with van der Waals surface area (Å²) in [6.45, 7) is 5.14. The molecule has 0 aromatic heterocycles. The van der Waals surface area contributed by atoms with E-state index >= 15 is 0 Å². The Labute approximate surface area is 118 Å². The van der Waals surface area contributed by atoms with Gasteiger partial charge >= 0.3 is 6.03 Å². The van der Waals surface area contributed by atoms with Crippen molar-refractivity contribution in [2.45, 2.75) is 26.0 Å². The van der Waals surface area contributed by atoms with Gasteiger partial charge in [-0.15, -0.1) is 0 Å². The van der Waals surface area contributed by atoms with Crippen molar-refractivity contribution in [1.29, 1.82) is 0 Å². The molecule has 0 aliphatic carbocycles. The third-order valence-electron chi connectivity index (χ3n) is 3.71. The molecule has 0 spiro atoms. The average Bonchev–Trinajstić information content (AvgIpc) is 2.63. The SMILES string of the molecule is CC1CN(C(=O)NCc2ccc(Cl)cc2)CC1(C)O. The fourth-order valence-corrected chi connectivity index (χ4v) is 2.31. The summed E-state index contributed by atoms with van der Waals surface area (Å²) >= 11 is 5.80. The van der Waals surface area contributed by atoms with Gasteiger partial charge in [0.05, 0.1) is 12.1 Å². The predicted molar refractivity (Wildman–Crippen MR) is 75.0 cm³/mol. The first-order chi connectivity index (χ1) is 8.88. The van der Waals surface area contributed by atoms with E-state index in [0.717, 1.165) is 5.56 Å².